The standard InChI is InChI=1S/C11H17N2O2.CHF3O3S/c1-4-12-5-6-13(9-12)7-8-15-11(14)10(2)3;2-1(3,4)8(5,6)7/h5-6,9H,2,4,7-8H2,1,3H3;(H,5,6,7)/q+1;/p-1. The highest BCUT2D eigenvalue weighted by Crippen LogP contribution is 2.20. The number of carbonyl (C=O) groups excluding carboxylic acids is 1. The monoisotopic (exact) mass is 358 g/mol. The Balaban J connectivity index is 0.000000515. The summed E-state index contributed by atoms with van der Waals surface area (Å²) in [6, 6.07) is 0. The molecule has 11 heteroatoms. The summed E-state index contributed by atoms with van der Waals surface area (Å²) in [6.45, 7) is 9.22. The first kappa shape index (κ1) is 21.1. The van der Waals surface area contributed by atoms with Gasteiger partial charge in [-0.2, -0.15) is 13.2 Å². The molecule has 0 fully saturated rings. The number of rotatable bonds is 5. The third kappa shape index (κ3) is 8.35. The van der Waals surface area contributed by atoms with Gasteiger partial charge < -0.3 is 9.29 Å². The SMILES string of the molecule is C=C(C)C(=O)OCC[n+]1ccn(CC)c1.O=S(=O)([O-])C(F)(F)F. The van der Waals surface area contributed by atoms with Crippen LogP contribution in [-0.2, 0) is 32.7 Å². The number of aryl methyl sites for hydroxylation is 1. The third-order valence-corrected chi connectivity index (χ3v) is 2.89. The van der Waals surface area contributed by atoms with Crippen molar-refractivity contribution >= 4 is 16.1 Å². The number of ether oxygens (including phenoxy) is 1. The minimum atomic E-state index is -6.09. The molecular weight excluding hydrogens is 341 g/mol. The molecule has 1 aromatic rings. The highest BCUT2D eigenvalue weighted by molar-refractivity contribution is 7.86. The number of hydrogen-bond acceptors (Lipinski definition) is 5. The van der Waals surface area contributed by atoms with Crippen molar-refractivity contribution < 1.29 is 40.2 Å². The maximum Gasteiger partial charge on any atom is 0.485 e. The van der Waals surface area contributed by atoms with Gasteiger partial charge in [0.15, 0.2) is 10.1 Å². The van der Waals surface area contributed by atoms with Gasteiger partial charge in [0.05, 0.1) is 6.54 Å². The van der Waals surface area contributed by atoms with E-state index in [0.717, 1.165) is 6.54 Å². The molecule has 0 amide bonds. The minimum Gasteiger partial charge on any atom is -0.741 e. The van der Waals surface area contributed by atoms with Crippen LogP contribution in [0, 0.1) is 0 Å². The lowest BCUT2D eigenvalue weighted by Crippen LogP contribution is -2.34. The molecule has 0 unspecified atom stereocenters. The minimum absolute atomic E-state index is 0.328. The van der Waals surface area contributed by atoms with Crippen LogP contribution in [0.3, 0.4) is 0 Å². The Bertz CT molecular complexity index is 637. The van der Waals surface area contributed by atoms with Crippen molar-refractivity contribution in [3.05, 3.63) is 30.9 Å². The van der Waals surface area contributed by atoms with Crippen LogP contribution < -0.4 is 4.57 Å². The van der Waals surface area contributed by atoms with Crippen molar-refractivity contribution in [2.75, 3.05) is 6.61 Å². The van der Waals surface area contributed by atoms with Crippen LogP contribution in [-0.4, -0.2) is 35.6 Å². The van der Waals surface area contributed by atoms with E-state index in [9.17, 15) is 18.0 Å². The smallest absolute Gasteiger partial charge is 0.485 e. The fourth-order valence-corrected chi connectivity index (χ4v) is 1.13. The van der Waals surface area contributed by atoms with Crippen molar-refractivity contribution in [3.8, 4) is 0 Å². The van der Waals surface area contributed by atoms with Gasteiger partial charge in [-0.05, 0) is 13.8 Å². The molecule has 0 aliphatic carbocycles. The van der Waals surface area contributed by atoms with Crippen LogP contribution in [0.4, 0.5) is 13.2 Å². The Morgan fingerprint density at radius 1 is 1.43 bits per heavy atom. The van der Waals surface area contributed by atoms with Gasteiger partial charge in [0.1, 0.15) is 25.5 Å². The predicted octanol–water partition coefficient (Wildman–Crippen LogP) is 0.966. The van der Waals surface area contributed by atoms with Crippen molar-refractivity contribution in [2.24, 2.45) is 0 Å². The molecule has 1 heterocycles. The first-order valence-electron chi connectivity index (χ1n) is 6.28. The van der Waals surface area contributed by atoms with E-state index in [4.69, 9.17) is 17.7 Å². The van der Waals surface area contributed by atoms with E-state index in [1.54, 1.807) is 6.92 Å². The second kappa shape index (κ2) is 8.67. The zero-order valence-corrected chi connectivity index (χ0v) is 13.4. The molecule has 0 saturated heterocycles. The number of alkyl halides is 3. The molecular formula is C12H17F3N2O5S. The normalized spacial score (nSPS) is 11.4. The molecule has 23 heavy (non-hydrogen) atoms. The lowest BCUT2D eigenvalue weighted by Gasteiger charge is -2.08. The summed E-state index contributed by atoms with van der Waals surface area (Å²) >= 11 is 0. The average molecular weight is 358 g/mol. The second-order valence-corrected chi connectivity index (χ2v) is 5.67. The molecule has 0 aromatic carbocycles. The zero-order chi connectivity index (χ0) is 18.3. The highest BCUT2D eigenvalue weighted by Gasteiger charge is 2.36. The molecule has 0 N–H and O–H groups in total. The van der Waals surface area contributed by atoms with Gasteiger partial charge in [0, 0.05) is 5.57 Å². The highest BCUT2D eigenvalue weighted by atomic mass is 32.2. The lowest BCUT2D eigenvalue weighted by molar-refractivity contribution is -0.697. The van der Waals surface area contributed by atoms with Gasteiger partial charge in [-0.1, -0.05) is 6.58 Å². The molecule has 0 bridgehead atoms. The molecule has 1 rings (SSSR count). The number of nitrogens with zero attached hydrogens (tertiary/aromatic N) is 2. The Morgan fingerprint density at radius 3 is 2.30 bits per heavy atom. The topological polar surface area (TPSA) is 92.3 Å². The maximum absolute atomic E-state index is 11.1. The summed E-state index contributed by atoms with van der Waals surface area (Å²) in [5, 5.41) is 0. The largest absolute Gasteiger partial charge is 0.741 e. The van der Waals surface area contributed by atoms with E-state index < -0.39 is 15.6 Å². The molecule has 7 nitrogen and oxygen atoms in total. The number of halogens is 3. The summed E-state index contributed by atoms with van der Waals surface area (Å²) in [7, 11) is -6.09. The lowest BCUT2D eigenvalue weighted by atomic mass is 10.4. The van der Waals surface area contributed by atoms with Crippen LogP contribution in [0.1, 0.15) is 13.8 Å². The first-order chi connectivity index (χ1) is 10.4. The summed E-state index contributed by atoms with van der Waals surface area (Å²) in [5.74, 6) is -0.328. The van der Waals surface area contributed by atoms with Crippen LogP contribution in [0.5, 0.6) is 0 Å². The van der Waals surface area contributed by atoms with Crippen LogP contribution in [0.25, 0.3) is 0 Å². The molecule has 0 saturated carbocycles. The van der Waals surface area contributed by atoms with Gasteiger partial charge >= 0.3 is 11.5 Å². The molecule has 0 aliphatic rings. The first-order valence-corrected chi connectivity index (χ1v) is 7.69. The Kier molecular flexibility index (Phi) is 7.97. The molecule has 0 atom stereocenters. The van der Waals surface area contributed by atoms with Gasteiger partial charge in [-0.3, -0.25) is 0 Å². The van der Waals surface area contributed by atoms with E-state index >= 15 is 0 Å². The van der Waals surface area contributed by atoms with Gasteiger partial charge in [0.25, 0.3) is 0 Å². The maximum atomic E-state index is 11.1. The molecule has 0 aliphatic heterocycles. The van der Waals surface area contributed by atoms with E-state index in [-0.39, 0.29) is 5.97 Å². The summed E-state index contributed by atoms with van der Waals surface area (Å²) in [5.41, 5.74) is -5.21. The summed E-state index contributed by atoms with van der Waals surface area (Å²) < 4.78 is 67.9. The average Bonchev–Trinajstić information content (AvgIpc) is 2.84. The van der Waals surface area contributed by atoms with Gasteiger partial charge in [0.2, 0.25) is 6.33 Å². The van der Waals surface area contributed by atoms with Crippen molar-refractivity contribution in [1.29, 1.82) is 0 Å². The van der Waals surface area contributed by atoms with Gasteiger partial charge in [-0.25, -0.2) is 22.3 Å². The third-order valence-electron chi connectivity index (χ3n) is 2.33. The fourth-order valence-electron chi connectivity index (χ4n) is 1.13. The molecule has 1 aromatic heterocycles. The Hall–Kier alpha value is -1.88. The Morgan fingerprint density at radius 2 is 1.96 bits per heavy atom. The quantitative estimate of drug-likeness (QED) is 0.257. The van der Waals surface area contributed by atoms with Crippen molar-refractivity contribution in [2.45, 2.75) is 32.4 Å². The molecule has 0 spiro atoms. The van der Waals surface area contributed by atoms with Crippen LogP contribution in [0.2, 0.25) is 0 Å². The van der Waals surface area contributed by atoms with E-state index in [0.29, 0.717) is 18.7 Å². The number of carbonyl (C=O) groups is 1. The van der Waals surface area contributed by atoms with E-state index in [1.807, 2.05) is 23.3 Å². The number of imidazole rings is 1. The second-order valence-electron chi connectivity index (χ2n) is 4.30. The van der Waals surface area contributed by atoms with Crippen LogP contribution >= 0.6 is 0 Å². The molecule has 132 valence electrons. The number of aromatic nitrogens is 2. The number of esters is 1. The van der Waals surface area contributed by atoms with Crippen molar-refractivity contribution in [3.63, 3.8) is 0 Å². The van der Waals surface area contributed by atoms with Crippen molar-refractivity contribution in [1.82, 2.24) is 4.57 Å². The molecule has 0 radical (unpaired) electrons. The van der Waals surface area contributed by atoms with Gasteiger partial charge in [-0.15, -0.1) is 0 Å². The van der Waals surface area contributed by atoms with E-state index in [1.165, 1.54) is 0 Å². The van der Waals surface area contributed by atoms with E-state index in [2.05, 4.69) is 18.1 Å². The zero-order valence-electron chi connectivity index (χ0n) is 12.5. The number of hydrogen-bond donors (Lipinski definition) is 0. The summed E-state index contributed by atoms with van der Waals surface area (Å²) in [6.07, 6.45) is 5.92. The predicted molar refractivity (Wildman–Crippen MR) is 71.8 cm³/mol. The Labute approximate surface area is 131 Å². The van der Waals surface area contributed by atoms with Crippen LogP contribution in [0.15, 0.2) is 30.9 Å². The summed E-state index contributed by atoms with van der Waals surface area (Å²) in [4.78, 5) is 11.1. The fraction of sp³-hybridized carbons (Fsp3) is 0.500.